The van der Waals surface area contributed by atoms with Crippen molar-refractivity contribution in [2.75, 3.05) is 13.1 Å². The van der Waals surface area contributed by atoms with E-state index < -0.39 is 0 Å². The van der Waals surface area contributed by atoms with Crippen molar-refractivity contribution in [2.24, 2.45) is 5.41 Å². The molecule has 102 valence electrons. The number of halogens is 1. The van der Waals surface area contributed by atoms with Crippen molar-refractivity contribution in [3.8, 4) is 0 Å². The fourth-order valence-corrected chi connectivity index (χ4v) is 2.84. The van der Waals surface area contributed by atoms with Crippen LogP contribution < -0.4 is 10.6 Å². The van der Waals surface area contributed by atoms with E-state index in [2.05, 4.69) is 45.6 Å². The van der Waals surface area contributed by atoms with E-state index in [0.717, 1.165) is 10.3 Å². The molecule has 1 aromatic heterocycles. The maximum absolute atomic E-state index is 11.6. The Kier molecular flexibility index (Phi) is 5.82. The van der Waals surface area contributed by atoms with Crippen molar-refractivity contribution >= 4 is 33.2 Å². The summed E-state index contributed by atoms with van der Waals surface area (Å²) >= 11 is 5.19. The molecular formula is C13H21BrN2OS. The van der Waals surface area contributed by atoms with Gasteiger partial charge in [0.15, 0.2) is 0 Å². The molecule has 0 saturated carbocycles. The van der Waals surface area contributed by atoms with Crippen LogP contribution in [0, 0.1) is 5.41 Å². The topological polar surface area (TPSA) is 41.1 Å². The quantitative estimate of drug-likeness (QED) is 0.812. The second-order valence-corrected chi connectivity index (χ2v) is 7.82. The van der Waals surface area contributed by atoms with E-state index >= 15 is 0 Å². The van der Waals surface area contributed by atoms with Gasteiger partial charge >= 0.3 is 0 Å². The summed E-state index contributed by atoms with van der Waals surface area (Å²) in [7, 11) is 0. The van der Waals surface area contributed by atoms with Crippen LogP contribution in [-0.4, -0.2) is 19.0 Å². The molecule has 0 aliphatic heterocycles. The van der Waals surface area contributed by atoms with Gasteiger partial charge in [-0.3, -0.25) is 4.79 Å². The van der Waals surface area contributed by atoms with Gasteiger partial charge in [-0.25, -0.2) is 0 Å². The minimum absolute atomic E-state index is 0.0934. The molecule has 5 heteroatoms. The van der Waals surface area contributed by atoms with Crippen molar-refractivity contribution in [3.63, 3.8) is 0 Å². The fraction of sp³-hybridized carbons (Fsp3) is 0.615. The molecule has 0 unspecified atom stereocenters. The first kappa shape index (κ1) is 15.7. The standard InChI is InChI=1S/C13H21BrN2OS/c1-9(10-5-6-11(14)18-10)15-7-8-16-12(17)13(2,3)4/h5-6,9,15H,7-8H2,1-4H3,(H,16,17)/t9-/m1/s1. The summed E-state index contributed by atoms with van der Waals surface area (Å²) in [6.07, 6.45) is 0. The molecule has 0 fully saturated rings. The molecule has 1 amide bonds. The molecule has 2 N–H and O–H groups in total. The zero-order chi connectivity index (χ0) is 13.8. The van der Waals surface area contributed by atoms with E-state index in [-0.39, 0.29) is 11.3 Å². The number of thiophene rings is 1. The van der Waals surface area contributed by atoms with Gasteiger partial charge in [-0.05, 0) is 35.0 Å². The van der Waals surface area contributed by atoms with Crippen molar-refractivity contribution in [3.05, 3.63) is 20.8 Å². The van der Waals surface area contributed by atoms with Crippen LogP contribution in [0.1, 0.15) is 38.6 Å². The van der Waals surface area contributed by atoms with Gasteiger partial charge in [-0.1, -0.05) is 20.8 Å². The van der Waals surface area contributed by atoms with Gasteiger partial charge in [0.1, 0.15) is 0 Å². The third kappa shape index (κ3) is 5.08. The molecule has 3 nitrogen and oxygen atoms in total. The molecule has 1 heterocycles. The highest BCUT2D eigenvalue weighted by Gasteiger charge is 2.20. The summed E-state index contributed by atoms with van der Waals surface area (Å²) in [5.41, 5.74) is -0.315. The first-order valence-electron chi connectivity index (χ1n) is 6.07. The summed E-state index contributed by atoms with van der Waals surface area (Å²) < 4.78 is 1.15. The fourth-order valence-electron chi connectivity index (χ4n) is 1.39. The maximum atomic E-state index is 11.6. The second-order valence-electron chi connectivity index (χ2n) is 5.32. The van der Waals surface area contributed by atoms with Gasteiger partial charge in [0, 0.05) is 29.4 Å². The lowest BCUT2D eigenvalue weighted by molar-refractivity contribution is -0.128. The third-order valence-electron chi connectivity index (χ3n) is 2.56. The molecule has 1 rings (SSSR count). The van der Waals surface area contributed by atoms with Crippen molar-refractivity contribution in [1.29, 1.82) is 0 Å². The van der Waals surface area contributed by atoms with Crippen LogP contribution >= 0.6 is 27.3 Å². The van der Waals surface area contributed by atoms with Crippen LogP contribution in [0.25, 0.3) is 0 Å². The van der Waals surface area contributed by atoms with E-state index in [1.807, 2.05) is 20.8 Å². The number of rotatable bonds is 5. The van der Waals surface area contributed by atoms with E-state index in [1.54, 1.807) is 11.3 Å². The Labute approximate surface area is 121 Å². The lowest BCUT2D eigenvalue weighted by Gasteiger charge is -2.18. The van der Waals surface area contributed by atoms with Gasteiger partial charge in [0.2, 0.25) is 5.91 Å². The lowest BCUT2D eigenvalue weighted by atomic mass is 9.96. The smallest absolute Gasteiger partial charge is 0.225 e. The highest BCUT2D eigenvalue weighted by atomic mass is 79.9. The highest BCUT2D eigenvalue weighted by molar-refractivity contribution is 9.11. The molecule has 1 aromatic rings. The Morgan fingerprint density at radius 3 is 2.56 bits per heavy atom. The van der Waals surface area contributed by atoms with E-state index in [9.17, 15) is 4.79 Å². The van der Waals surface area contributed by atoms with Crippen molar-refractivity contribution in [2.45, 2.75) is 33.7 Å². The van der Waals surface area contributed by atoms with E-state index in [1.165, 1.54) is 4.88 Å². The summed E-state index contributed by atoms with van der Waals surface area (Å²) in [4.78, 5) is 12.9. The number of hydrogen-bond acceptors (Lipinski definition) is 3. The van der Waals surface area contributed by atoms with E-state index in [4.69, 9.17) is 0 Å². The summed E-state index contributed by atoms with van der Waals surface area (Å²) in [6, 6.07) is 4.48. The number of amides is 1. The molecule has 1 atom stereocenters. The number of carbonyl (C=O) groups excluding carboxylic acids is 1. The summed E-state index contributed by atoms with van der Waals surface area (Å²) in [5, 5.41) is 6.32. The predicted molar refractivity (Wildman–Crippen MR) is 80.9 cm³/mol. The Morgan fingerprint density at radius 2 is 2.06 bits per heavy atom. The van der Waals surface area contributed by atoms with Gasteiger partial charge in [0.25, 0.3) is 0 Å². The molecule has 0 aliphatic carbocycles. The lowest BCUT2D eigenvalue weighted by Crippen LogP contribution is -2.39. The Morgan fingerprint density at radius 1 is 1.39 bits per heavy atom. The normalized spacial score (nSPS) is 13.4. The van der Waals surface area contributed by atoms with Crippen molar-refractivity contribution in [1.82, 2.24) is 10.6 Å². The molecule has 18 heavy (non-hydrogen) atoms. The first-order chi connectivity index (χ1) is 8.30. The Bertz CT molecular complexity index is 398. The molecule has 0 aromatic carbocycles. The zero-order valence-electron chi connectivity index (χ0n) is 11.3. The minimum Gasteiger partial charge on any atom is -0.354 e. The monoisotopic (exact) mass is 332 g/mol. The summed E-state index contributed by atoms with van der Waals surface area (Å²) in [5.74, 6) is 0.0934. The molecule has 0 radical (unpaired) electrons. The van der Waals surface area contributed by atoms with Crippen LogP contribution in [0.2, 0.25) is 0 Å². The van der Waals surface area contributed by atoms with Crippen LogP contribution in [0.5, 0.6) is 0 Å². The van der Waals surface area contributed by atoms with Crippen LogP contribution in [0.3, 0.4) is 0 Å². The molecule has 0 spiro atoms. The Hall–Kier alpha value is -0.390. The van der Waals surface area contributed by atoms with Gasteiger partial charge in [0.05, 0.1) is 3.79 Å². The van der Waals surface area contributed by atoms with Gasteiger partial charge in [-0.2, -0.15) is 0 Å². The highest BCUT2D eigenvalue weighted by Crippen LogP contribution is 2.26. The number of nitrogens with one attached hydrogen (secondary N) is 2. The van der Waals surface area contributed by atoms with Gasteiger partial charge in [-0.15, -0.1) is 11.3 Å². The second kappa shape index (κ2) is 6.68. The molecular weight excluding hydrogens is 312 g/mol. The minimum atomic E-state index is -0.315. The van der Waals surface area contributed by atoms with E-state index in [0.29, 0.717) is 12.6 Å². The molecule has 0 saturated heterocycles. The van der Waals surface area contributed by atoms with Crippen LogP contribution in [0.4, 0.5) is 0 Å². The third-order valence-corrected chi connectivity index (χ3v) is 4.37. The average Bonchev–Trinajstić information content (AvgIpc) is 2.69. The van der Waals surface area contributed by atoms with Gasteiger partial charge < -0.3 is 10.6 Å². The predicted octanol–water partition coefficient (Wildman–Crippen LogP) is 3.32. The first-order valence-corrected chi connectivity index (χ1v) is 7.68. The number of carbonyl (C=O) groups is 1. The van der Waals surface area contributed by atoms with Crippen LogP contribution in [-0.2, 0) is 4.79 Å². The van der Waals surface area contributed by atoms with Crippen molar-refractivity contribution < 1.29 is 4.79 Å². The Balaban J connectivity index is 2.24. The SMILES string of the molecule is C[C@@H](NCCNC(=O)C(C)(C)C)c1ccc(Br)s1. The number of hydrogen-bond donors (Lipinski definition) is 2. The average molecular weight is 333 g/mol. The molecule has 0 bridgehead atoms. The summed E-state index contributed by atoms with van der Waals surface area (Å²) in [6.45, 7) is 9.32. The molecule has 0 aliphatic rings. The zero-order valence-corrected chi connectivity index (χ0v) is 13.7. The van der Waals surface area contributed by atoms with Crippen LogP contribution in [0.15, 0.2) is 15.9 Å². The largest absolute Gasteiger partial charge is 0.354 e. The maximum Gasteiger partial charge on any atom is 0.225 e.